The minimum Gasteiger partial charge on any atom is -0.497 e. The van der Waals surface area contributed by atoms with E-state index in [1.54, 1.807) is 25.6 Å². The van der Waals surface area contributed by atoms with Crippen molar-refractivity contribution in [3.63, 3.8) is 0 Å². The van der Waals surface area contributed by atoms with Crippen molar-refractivity contribution in [2.75, 3.05) is 7.11 Å². The summed E-state index contributed by atoms with van der Waals surface area (Å²) < 4.78 is 25.6. The Bertz CT molecular complexity index is 1060. The first-order valence-corrected chi connectivity index (χ1v) is 8.62. The van der Waals surface area contributed by atoms with E-state index in [1.165, 1.54) is 24.3 Å². The van der Waals surface area contributed by atoms with Crippen LogP contribution in [0.15, 0.2) is 73.2 Å². The monoisotopic (exact) mass is 376 g/mol. The molecule has 7 heteroatoms. The molecule has 4 aromatic rings. The normalized spacial score (nSPS) is 10.6. The molecule has 0 bridgehead atoms. The molecule has 0 radical (unpaired) electrons. The van der Waals surface area contributed by atoms with Gasteiger partial charge in [0, 0.05) is 18.0 Å². The van der Waals surface area contributed by atoms with Gasteiger partial charge >= 0.3 is 6.01 Å². The third kappa shape index (κ3) is 4.15. The number of ether oxygens (including phenoxy) is 2. The molecule has 0 saturated heterocycles. The maximum atomic E-state index is 13.0. The highest BCUT2D eigenvalue weighted by atomic mass is 19.1. The number of benzene rings is 2. The number of hydrogen-bond acceptors (Lipinski definition) is 5. The molecule has 2 heterocycles. The first-order chi connectivity index (χ1) is 13.7. The average molecular weight is 376 g/mol. The zero-order valence-electron chi connectivity index (χ0n) is 15.1. The zero-order chi connectivity index (χ0) is 19.3. The van der Waals surface area contributed by atoms with Crippen molar-refractivity contribution in [1.82, 2.24) is 19.7 Å². The Morgan fingerprint density at radius 1 is 0.964 bits per heavy atom. The van der Waals surface area contributed by atoms with Gasteiger partial charge in [-0.3, -0.25) is 4.68 Å². The molecular weight excluding hydrogens is 359 g/mol. The van der Waals surface area contributed by atoms with Crippen LogP contribution in [0.4, 0.5) is 4.39 Å². The van der Waals surface area contributed by atoms with Gasteiger partial charge in [-0.25, -0.2) is 9.37 Å². The van der Waals surface area contributed by atoms with Crippen LogP contribution in [0.3, 0.4) is 0 Å². The largest absolute Gasteiger partial charge is 0.497 e. The van der Waals surface area contributed by atoms with E-state index in [-0.39, 0.29) is 11.8 Å². The minimum absolute atomic E-state index is 0.187. The van der Waals surface area contributed by atoms with Crippen LogP contribution < -0.4 is 9.47 Å². The lowest BCUT2D eigenvalue weighted by Crippen LogP contribution is -1.99. The maximum Gasteiger partial charge on any atom is 0.322 e. The van der Waals surface area contributed by atoms with Gasteiger partial charge in [0.05, 0.1) is 25.5 Å². The Labute approximate surface area is 161 Å². The molecule has 2 aromatic carbocycles. The molecule has 4 rings (SSSR count). The first kappa shape index (κ1) is 17.7. The lowest BCUT2D eigenvalue weighted by Gasteiger charge is -2.05. The van der Waals surface area contributed by atoms with Crippen molar-refractivity contribution in [3.05, 3.63) is 84.6 Å². The van der Waals surface area contributed by atoms with Crippen molar-refractivity contribution < 1.29 is 13.9 Å². The summed E-state index contributed by atoms with van der Waals surface area (Å²) in [6.45, 7) is 0.633. The minimum atomic E-state index is -0.328. The van der Waals surface area contributed by atoms with Gasteiger partial charge in [0.25, 0.3) is 0 Å². The van der Waals surface area contributed by atoms with Crippen LogP contribution >= 0.6 is 0 Å². The zero-order valence-corrected chi connectivity index (χ0v) is 15.1. The molecule has 0 aliphatic heterocycles. The quantitative estimate of drug-likeness (QED) is 0.501. The summed E-state index contributed by atoms with van der Waals surface area (Å²) in [5, 5.41) is 4.40. The van der Waals surface area contributed by atoms with Crippen LogP contribution in [0.2, 0.25) is 0 Å². The highest BCUT2D eigenvalue weighted by Crippen LogP contribution is 2.22. The van der Waals surface area contributed by atoms with Gasteiger partial charge in [0.2, 0.25) is 0 Å². The van der Waals surface area contributed by atoms with Crippen molar-refractivity contribution in [2.45, 2.75) is 6.54 Å². The summed E-state index contributed by atoms with van der Waals surface area (Å²) in [5.41, 5.74) is 2.64. The summed E-state index contributed by atoms with van der Waals surface area (Å²) in [5.74, 6) is 0.958. The number of methoxy groups -OCH3 is 1. The molecule has 2 aromatic heterocycles. The highest BCUT2D eigenvalue weighted by molar-refractivity contribution is 5.56. The summed E-state index contributed by atoms with van der Waals surface area (Å²) >= 11 is 0. The molecular formula is C21H17FN4O2. The smallest absolute Gasteiger partial charge is 0.322 e. The van der Waals surface area contributed by atoms with E-state index < -0.39 is 0 Å². The number of halogens is 1. The van der Waals surface area contributed by atoms with Crippen molar-refractivity contribution in [3.8, 4) is 28.8 Å². The van der Waals surface area contributed by atoms with Crippen LogP contribution in [-0.4, -0.2) is 26.9 Å². The van der Waals surface area contributed by atoms with E-state index >= 15 is 0 Å². The Hall–Kier alpha value is -3.74. The third-order valence-corrected chi connectivity index (χ3v) is 4.09. The van der Waals surface area contributed by atoms with E-state index in [4.69, 9.17) is 9.47 Å². The first-order valence-electron chi connectivity index (χ1n) is 8.62. The van der Waals surface area contributed by atoms with E-state index in [0.29, 0.717) is 18.0 Å². The molecule has 0 spiro atoms. The summed E-state index contributed by atoms with van der Waals surface area (Å²) in [4.78, 5) is 8.51. The van der Waals surface area contributed by atoms with E-state index in [0.717, 1.165) is 16.9 Å². The molecule has 0 unspecified atom stereocenters. The molecule has 0 saturated carbocycles. The van der Waals surface area contributed by atoms with Crippen LogP contribution in [0, 0.1) is 5.82 Å². The second-order valence-corrected chi connectivity index (χ2v) is 6.06. The van der Waals surface area contributed by atoms with Crippen LogP contribution in [-0.2, 0) is 6.54 Å². The number of aromatic nitrogens is 4. The molecule has 0 N–H and O–H groups in total. The number of rotatable bonds is 6. The summed E-state index contributed by atoms with van der Waals surface area (Å²) in [6, 6.07) is 15.5. The maximum absolute atomic E-state index is 13.0. The highest BCUT2D eigenvalue weighted by Gasteiger charge is 2.08. The molecule has 140 valence electrons. The lowest BCUT2D eigenvalue weighted by molar-refractivity contribution is 0.414. The van der Waals surface area contributed by atoms with Gasteiger partial charge < -0.3 is 9.47 Å². The molecule has 0 fully saturated rings. The Morgan fingerprint density at radius 2 is 1.71 bits per heavy atom. The predicted octanol–water partition coefficient (Wildman–Crippen LogP) is 4.33. The van der Waals surface area contributed by atoms with E-state index in [1.807, 2.05) is 35.1 Å². The summed E-state index contributed by atoms with van der Waals surface area (Å²) in [7, 11) is 1.64. The van der Waals surface area contributed by atoms with Gasteiger partial charge in [-0.2, -0.15) is 10.1 Å². The standard InChI is InChI=1S/C21H17FN4O2/c1-27-18-6-2-15(3-7-18)13-26-14-16(12-24-26)20-10-11-23-21(25-20)28-19-8-4-17(22)5-9-19/h2-12,14H,13H2,1H3. The van der Waals surface area contributed by atoms with Crippen molar-refractivity contribution >= 4 is 0 Å². The van der Waals surface area contributed by atoms with Crippen LogP contribution in [0.1, 0.15) is 5.56 Å². The Kier molecular flexibility index (Phi) is 4.97. The molecule has 0 amide bonds. The number of hydrogen-bond donors (Lipinski definition) is 0. The van der Waals surface area contributed by atoms with Crippen molar-refractivity contribution in [1.29, 1.82) is 0 Å². The van der Waals surface area contributed by atoms with Gasteiger partial charge in [-0.1, -0.05) is 12.1 Å². The van der Waals surface area contributed by atoms with Crippen LogP contribution in [0.25, 0.3) is 11.3 Å². The van der Waals surface area contributed by atoms with Crippen LogP contribution in [0.5, 0.6) is 17.5 Å². The van der Waals surface area contributed by atoms with E-state index in [2.05, 4.69) is 15.1 Å². The van der Waals surface area contributed by atoms with Gasteiger partial charge in [0.1, 0.15) is 17.3 Å². The molecule has 0 aliphatic carbocycles. The summed E-state index contributed by atoms with van der Waals surface area (Å²) in [6.07, 6.45) is 5.27. The molecule has 6 nitrogen and oxygen atoms in total. The fourth-order valence-corrected chi connectivity index (χ4v) is 2.66. The molecule has 0 atom stereocenters. The second kappa shape index (κ2) is 7.87. The van der Waals surface area contributed by atoms with Gasteiger partial charge in [-0.15, -0.1) is 0 Å². The second-order valence-electron chi connectivity index (χ2n) is 6.06. The SMILES string of the molecule is COc1ccc(Cn2cc(-c3ccnc(Oc4ccc(F)cc4)n3)cn2)cc1. The Balaban J connectivity index is 1.49. The van der Waals surface area contributed by atoms with Gasteiger partial charge in [-0.05, 0) is 48.0 Å². The van der Waals surface area contributed by atoms with E-state index in [9.17, 15) is 4.39 Å². The Morgan fingerprint density at radius 3 is 2.46 bits per heavy atom. The number of nitrogens with zero attached hydrogens (tertiary/aromatic N) is 4. The van der Waals surface area contributed by atoms with Gasteiger partial charge in [0.15, 0.2) is 0 Å². The molecule has 0 aliphatic rings. The fraction of sp³-hybridized carbons (Fsp3) is 0.0952. The fourth-order valence-electron chi connectivity index (χ4n) is 2.66. The predicted molar refractivity (Wildman–Crippen MR) is 102 cm³/mol. The molecule has 28 heavy (non-hydrogen) atoms. The lowest BCUT2D eigenvalue weighted by atomic mass is 10.2. The van der Waals surface area contributed by atoms with Crippen molar-refractivity contribution in [2.24, 2.45) is 0 Å². The third-order valence-electron chi connectivity index (χ3n) is 4.09. The average Bonchev–Trinajstić information content (AvgIpc) is 3.19. The topological polar surface area (TPSA) is 62.1 Å².